The highest BCUT2D eigenvalue weighted by molar-refractivity contribution is 5.21. The van der Waals surface area contributed by atoms with Gasteiger partial charge in [0.25, 0.3) is 0 Å². The summed E-state index contributed by atoms with van der Waals surface area (Å²) in [5.41, 5.74) is 6.70. The Kier molecular flexibility index (Phi) is 2.89. The molecule has 0 bridgehead atoms. The van der Waals surface area contributed by atoms with Crippen LogP contribution in [0.4, 0.5) is 0 Å². The third-order valence-electron chi connectivity index (χ3n) is 1.81. The molecule has 0 radical (unpaired) electrons. The molecule has 1 heterocycles. The summed E-state index contributed by atoms with van der Waals surface area (Å²) in [4.78, 5) is 0. The topological polar surface area (TPSA) is 62.9 Å². The second-order valence-corrected chi connectivity index (χ2v) is 2.62. The maximum Gasteiger partial charge on any atom is 0.108 e. The highest BCUT2D eigenvalue weighted by Gasteiger charge is 2.11. The molecule has 3 nitrogen and oxygen atoms in total. The maximum atomic E-state index is 8.44. The molecule has 2 N–H and O–H groups in total. The Morgan fingerprint density at radius 1 is 1.75 bits per heavy atom. The van der Waals surface area contributed by atoms with Crippen molar-refractivity contribution in [1.82, 2.24) is 0 Å². The number of hydrogen-bond acceptors (Lipinski definition) is 3. The lowest BCUT2D eigenvalue weighted by atomic mass is 10.1. The lowest BCUT2D eigenvalue weighted by Crippen LogP contribution is -2.09. The molecule has 0 spiro atoms. The second-order valence-electron chi connectivity index (χ2n) is 2.62. The van der Waals surface area contributed by atoms with Crippen molar-refractivity contribution in [3.8, 4) is 6.07 Å². The lowest BCUT2D eigenvalue weighted by molar-refractivity contribution is 0.506. The summed E-state index contributed by atoms with van der Waals surface area (Å²) in [6, 6.07) is 3.67. The van der Waals surface area contributed by atoms with Crippen molar-refractivity contribution < 1.29 is 4.42 Å². The van der Waals surface area contributed by atoms with Gasteiger partial charge in [0.1, 0.15) is 5.76 Å². The normalized spacial score (nSPS) is 12.4. The number of nitrogens with zero attached hydrogens (tertiary/aromatic N) is 1. The van der Waals surface area contributed by atoms with E-state index in [2.05, 4.69) is 0 Å². The van der Waals surface area contributed by atoms with Crippen LogP contribution in [0.3, 0.4) is 0 Å². The number of hydrogen-bond donors (Lipinski definition) is 1. The zero-order valence-electron chi connectivity index (χ0n) is 7.08. The van der Waals surface area contributed by atoms with Gasteiger partial charge in [-0.3, -0.25) is 0 Å². The summed E-state index contributed by atoms with van der Waals surface area (Å²) >= 11 is 0. The molecule has 0 unspecified atom stereocenters. The molecule has 0 amide bonds. The predicted octanol–water partition coefficient (Wildman–Crippen LogP) is 1.76. The van der Waals surface area contributed by atoms with Crippen molar-refractivity contribution in [2.75, 3.05) is 0 Å². The van der Waals surface area contributed by atoms with E-state index in [-0.39, 0.29) is 6.04 Å². The summed E-state index contributed by atoms with van der Waals surface area (Å²) in [6.07, 6.45) is 2.78. The molecule has 0 aliphatic rings. The minimum absolute atomic E-state index is 0.205. The first-order chi connectivity index (χ1) is 5.79. The van der Waals surface area contributed by atoms with Crippen LogP contribution in [0.1, 0.15) is 30.7 Å². The Hall–Kier alpha value is -1.27. The first kappa shape index (κ1) is 8.82. The minimum atomic E-state index is -0.205. The summed E-state index contributed by atoms with van der Waals surface area (Å²) in [5, 5.41) is 8.44. The van der Waals surface area contributed by atoms with Crippen LogP contribution in [-0.2, 0) is 6.42 Å². The van der Waals surface area contributed by atoms with Gasteiger partial charge in [-0.1, -0.05) is 6.92 Å². The van der Waals surface area contributed by atoms with Gasteiger partial charge in [-0.05, 0) is 6.07 Å². The molecule has 1 atom stereocenters. The Balaban J connectivity index is 2.80. The molecular weight excluding hydrogens is 152 g/mol. The summed E-state index contributed by atoms with van der Waals surface area (Å²) in [5.74, 6) is 0.887. The van der Waals surface area contributed by atoms with Crippen molar-refractivity contribution >= 4 is 0 Å². The van der Waals surface area contributed by atoms with Crippen molar-refractivity contribution in [2.45, 2.75) is 25.8 Å². The molecule has 0 saturated carbocycles. The van der Waals surface area contributed by atoms with Crippen LogP contribution in [0.5, 0.6) is 0 Å². The highest BCUT2D eigenvalue weighted by Crippen LogP contribution is 2.19. The fraction of sp³-hybridized carbons (Fsp3) is 0.444. The lowest BCUT2D eigenvalue weighted by Gasteiger charge is -2.05. The van der Waals surface area contributed by atoms with Gasteiger partial charge in [-0.2, -0.15) is 5.26 Å². The molecule has 0 aromatic carbocycles. The molecule has 1 rings (SSSR count). The molecule has 64 valence electrons. The minimum Gasteiger partial charge on any atom is -0.469 e. The molecule has 0 saturated heterocycles. The molecule has 0 aliphatic heterocycles. The summed E-state index contributed by atoms with van der Waals surface area (Å²) in [6.45, 7) is 2.00. The average molecular weight is 164 g/mol. The van der Waals surface area contributed by atoms with Crippen molar-refractivity contribution in [1.29, 1.82) is 5.26 Å². The van der Waals surface area contributed by atoms with Gasteiger partial charge < -0.3 is 10.2 Å². The quantitative estimate of drug-likeness (QED) is 0.740. The number of furan rings is 1. The summed E-state index contributed by atoms with van der Waals surface area (Å²) in [7, 11) is 0. The fourth-order valence-electron chi connectivity index (χ4n) is 1.18. The fourth-order valence-corrected chi connectivity index (χ4v) is 1.18. The van der Waals surface area contributed by atoms with E-state index >= 15 is 0 Å². The Labute approximate surface area is 71.8 Å². The van der Waals surface area contributed by atoms with Gasteiger partial charge in [-0.25, -0.2) is 0 Å². The Morgan fingerprint density at radius 3 is 3.08 bits per heavy atom. The van der Waals surface area contributed by atoms with E-state index in [1.165, 1.54) is 0 Å². The van der Waals surface area contributed by atoms with Crippen LogP contribution in [0.2, 0.25) is 0 Å². The van der Waals surface area contributed by atoms with Crippen LogP contribution in [0.15, 0.2) is 16.7 Å². The molecule has 1 aromatic heterocycles. The number of aryl methyl sites for hydroxylation is 1. The Morgan fingerprint density at radius 2 is 2.50 bits per heavy atom. The molecule has 0 fully saturated rings. The molecule has 0 aliphatic carbocycles. The van der Waals surface area contributed by atoms with E-state index in [9.17, 15) is 0 Å². The first-order valence-electron chi connectivity index (χ1n) is 3.98. The van der Waals surface area contributed by atoms with Crippen LogP contribution in [-0.4, -0.2) is 0 Å². The van der Waals surface area contributed by atoms with Crippen LogP contribution in [0.25, 0.3) is 0 Å². The molecule has 1 aromatic rings. The van der Waals surface area contributed by atoms with Crippen molar-refractivity contribution in [3.05, 3.63) is 23.7 Å². The van der Waals surface area contributed by atoms with E-state index in [4.69, 9.17) is 15.4 Å². The van der Waals surface area contributed by atoms with E-state index in [1.807, 2.05) is 19.1 Å². The molecular formula is C9H12N2O. The zero-order valence-corrected chi connectivity index (χ0v) is 7.08. The standard InChI is InChI=1S/C9H12N2O/c1-2-9-7(4-6-12-9)8(11)3-5-10/h4,6,8H,2-3,11H2,1H3/t8-/m0/s1. The van der Waals surface area contributed by atoms with E-state index in [0.717, 1.165) is 17.7 Å². The third-order valence-corrected chi connectivity index (χ3v) is 1.81. The SMILES string of the molecule is CCc1occc1[C@@H](N)CC#N. The van der Waals surface area contributed by atoms with Gasteiger partial charge in [0, 0.05) is 18.0 Å². The van der Waals surface area contributed by atoms with Crippen LogP contribution >= 0.6 is 0 Å². The van der Waals surface area contributed by atoms with Gasteiger partial charge >= 0.3 is 0 Å². The molecule has 3 heteroatoms. The highest BCUT2D eigenvalue weighted by atomic mass is 16.3. The van der Waals surface area contributed by atoms with Crippen LogP contribution in [0, 0.1) is 11.3 Å². The average Bonchev–Trinajstić information content (AvgIpc) is 2.51. The number of nitriles is 1. The van der Waals surface area contributed by atoms with Gasteiger partial charge in [-0.15, -0.1) is 0 Å². The second kappa shape index (κ2) is 3.93. The number of rotatable bonds is 3. The third kappa shape index (κ3) is 1.66. The van der Waals surface area contributed by atoms with E-state index < -0.39 is 0 Å². The van der Waals surface area contributed by atoms with Gasteiger partial charge in [0.05, 0.1) is 18.8 Å². The van der Waals surface area contributed by atoms with Gasteiger partial charge in [0.15, 0.2) is 0 Å². The molecule has 12 heavy (non-hydrogen) atoms. The van der Waals surface area contributed by atoms with Crippen molar-refractivity contribution in [3.63, 3.8) is 0 Å². The first-order valence-corrected chi connectivity index (χ1v) is 3.98. The Bertz CT molecular complexity index is 285. The van der Waals surface area contributed by atoms with Crippen LogP contribution < -0.4 is 5.73 Å². The zero-order chi connectivity index (χ0) is 8.97. The van der Waals surface area contributed by atoms with Crippen molar-refractivity contribution in [2.24, 2.45) is 5.73 Å². The van der Waals surface area contributed by atoms with E-state index in [1.54, 1.807) is 6.26 Å². The largest absolute Gasteiger partial charge is 0.469 e. The summed E-state index contributed by atoms with van der Waals surface area (Å²) < 4.78 is 5.19. The number of nitrogens with two attached hydrogens (primary N) is 1. The predicted molar refractivity (Wildman–Crippen MR) is 45.2 cm³/mol. The van der Waals surface area contributed by atoms with Gasteiger partial charge in [0.2, 0.25) is 0 Å². The smallest absolute Gasteiger partial charge is 0.108 e. The monoisotopic (exact) mass is 164 g/mol. The maximum absolute atomic E-state index is 8.44. The van der Waals surface area contributed by atoms with E-state index in [0.29, 0.717) is 6.42 Å².